The molecule has 200 valence electrons. The Balaban J connectivity index is 1.18. The highest BCUT2D eigenvalue weighted by Crippen LogP contribution is 2.38. The molecule has 9 aromatic rings. The van der Waals surface area contributed by atoms with Gasteiger partial charge in [0.25, 0.3) is 0 Å². The number of imidazole rings is 1. The van der Waals surface area contributed by atoms with Gasteiger partial charge in [-0.2, -0.15) is 0 Å². The standard InChI is InChI=1S/C39H24N4/c1-2-11-25(12-3-1)36-32-19-6-7-20-33(32)40-39(42-36)29-16-9-14-27(24-29)26-13-8-15-28(23-26)37-38-31-18-5-4-17-30(31)34-21-10-22-35(41-37)43(34)38/h1-24H. The first kappa shape index (κ1) is 23.8. The van der Waals surface area contributed by atoms with Crippen LogP contribution in [-0.2, 0) is 0 Å². The van der Waals surface area contributed by atoms with E-state index in [0.717, 1.165) is 61.3 Å². The number of hydrogen-bond donors (Lipinski definition) is 0. The van der Waals surface area contributed by atoms with Crippen molar-refractivity contribution in [3.63, 3.8) is 0 Å². The van der Waals surface area contributed by atoms with Gasteiger partial charge in [0.05, 0.1) is 27.9 Å². The van der Waals surface area contributed by atoms with E-state index in [4.69, 9.17) is 15.0 Å². The molecule has 0 aliphatic rings. The maximum absolute atomic E-state index is 5.10. The predicted molar refractivity (Wildman–Crippen MR) is 176 cm³/mol. The lowest BCUT2D eigenvalue weighted by Gasteiger charge is -2.11. The summed E-state index contributed by atoms with van der Waals surface area (Å²) >= 11 is 0. The molecule has 0 amide bonds. The zero-order valence-electron chi connectivity index (χ0n) is 23.1. The molecule has 0 radical (unpaired) electrons. The summed E-state index contributed by atoms with van der Waals surface area (Å²) in [5.41, 5.74) is 11.6. The van der Waals surface area contributed by atoms with E-state index < -0.39 is 0 Å². The fourth-order valence-corrected chi connectivity index (χ4v) is 6.37. The van der Waals surface area contributed by atoms with E-state index in [9.17, 15) is 0 Å². The lowest BCUT2D eigenvalue weighted by atomic mass is 9.99. The maximum atomic E-state index is 5.10. The first-order chi connectivity index (χ1) is 21.3. The second-order valence-electron chi connectivity index (χ2n) is 10.9. The van der Waals surface area contributed by atoms with Crippen molar-refractivity contribution in [2.45, 2.75) is 0 Å². The molecule has 0 aliphatic carbocycles. The Morgan fingerprint density at radius 3 is 1.86 bits per heavy atom. The number of hydrogen-bond acceptors (Lipinski definition) is 3. The van der Waals surface area contributed by atoms with Crippen LogP contribution < -0.4 is 0 Å². The minimum atomic E-state index is 0.716. The van der Waals surface area contributed by atoms with Crippen molar-refractivity contribution in [2.24, 2.45) is 0 Å². The first-order valence-electron chi connectivity index (χ1n) is 14.5. The van der Waals surface area contributed by atoms with Gasteiger partial charge < -0.3 is 0 Å². The van der Waals surface area contributed by atoms with Crippen molar-refractivity contribution < 1.29 is 0 Å². The SMILES string of the molecule is c1ccc(-c2nc(-c3cccc(-c4cccc(-c5nc6cccc7c8ccccc8c5n67)c4)c3)nc3ccccc23)cc1. The molecule has 4 heteroatoms. The molecule has 5 aromatic carbocycles. The van der Waals surface area contributed by atoms with Crippen LogP contribution in [0.4, 0.5) is 0 Å². The van der Waals surface area contributed by atoms with Gasteiger partial charge in [-0.15, -0.1) is 0 Å². The van der Waals surface area contributed by atoms with Gasteiger partial charge in [-0.1, -0.05) is 115 Å². The Morgan fingerprint density at radius 1 is 0.395 bits per heavy atom. The summed E-state index contributed by atoms with van der Waals surface area (Å²) in [6.07, 6.45) is 0. The van der Waals surface area contributed by atoms with E-state index in [0.29, 0.717) is 5.82 Å². The number of fused-ring (bicyclic) bond motifs is 4. The molecule has 9 rings (SSSR count). The minimum absolute atomic E-state index is 0.716. The Morgan fingerprint density at radius 2 is 1.02 bits per heavy atom. The molecule has 0 bridgehead atoms. The van der Waals surface area contributed by atoms with Crippen molar-refractivity contribution >= 4 is 38.4 Å². The molecule has 4 aromatic heterocycles. The largest absolute Gasteiger partial charge is 0.292 e. The van der Waals surface area contributed by atoms with Gasteiger partial charge in [0.2, 0.25) is 0 Å². The van der Waals surface area contributed by atoms with E-state index in [-0.39, 0.29) is 0 Å². The molecule has 43 heavy (non-hydrogen) atoms. The summed E-state index contributed by atoms with van der Waals surface area (Å²) in [6, 6.07) is 50.7. The highest BCUT2D eigenvalue weighted by molar-refractivity contribution is 6.13. The quantitative estimate of drug-likeness (QED) is 0.220. The van der Waals surface area contributed by atoms with E-state index in [1.165, 1.54) is 16.3 Å². The Hall–Kier alpha value is -5.87. The molecule has 4 nitrogen and oxygen atoms in total. The van der Waals surface area contributed by atoms with E-state index in [2.05, 4.69) is 132 Å². The normalized spacial score (nSPS) is 11.7. The number of pyridine rings is 1. The number of para-hydroxylation sites is 1. The predicted octanol–water partition coefficient (Wildman–Crippen LogP) is 9.69. The molecular formula is C39H24N4. The lowest BCUT2D eigenvalue weighted by Crippen LogP contribution is -1.95. The van der Waals surface area contributed by atoms with Gasteiger partial charge in [-0.3, -0.25) is 4.40 Å². The average Bonchev–Trinajstić information content (AvgIpc) is 3.64. The van der Waals surface area contributed by atoms with Crippen molar-refractivity contribution in [1.29, 1.82) is 0 Å². The number of nitrogens with zero attached hydrogens (tertiary/aromatic N) is 4. The van der Waals surface area contributed by atoms with Gasteiger partial charge in [-0.05, 0) is 41.5 Å². The van der Waals surface area contributed by atoms with Gasteiger partial charge >= 0.3 is 0 Å². The molecule has 0 N–H and O–H groups in total. The van der Waals surface area contributed by atoms with E-state index in [1.54, 1.807) is 0 Å². The summed E-state index contributed by atoms with van der Waals surface area (Å²) in [5, 5.41) is 3.52. The summed E-state index contributed by atoms with van der Waals surface area (Å²) in [4.78, 5) is 15.2. The summed E-state index contributed by atoms with van der Waals surface area (Å²) < 4.78 is 2.29. The van der Waals surface area contributed by atoms with Crippen molar-refractivity contribution in [3.8, 4) is 45.0 Å². The highest BCUT2D eigenvalue weighted by Gasteiger charge is 2.19. The number of benzene rings is 5. The van der Waals surface area contributed by atoms with Crippen LogP contribution in [0.3, 0.4) is 0 Å². The van der Waals surface area contributed by atoms with Gasteiger partial charge in [-0.25, -0.2) is 15.0 Å². The monoisotopic (exact) mass is 548 g/mol. The van der Waals surface area contributed by atoms with Gasteiger partial charge in [0, 0.05) is 32.8 Å². The first-order valence-corrected chi connectivity index (χ1v) is 14.5. The highest BCUT2D eigenvalue weighted by atomic mass is 15.0. The lowest BCUT2D eigenvalue weighted by molar-refractivity contribution is 1.23. The third-order valence-corrected chi connectivity index (χ3v) is 8.34. The Kier molecular flexibility index (Phi) is 5.16. The van der Waals surface area contributed by atoms with Crippen LogP contribution in [0.5, 0.6) is 0 Å². The van der Waals surface area contributed by atoms with Crippen LogP contribution in [0, 0.1) is 0 Å². The Bertz CT molecular complexity index is 2460. The number of aromatic nitrogens is 4. The maximum Gasteiger partial charge on any atom is 0.160 e. The molecule has 0 saturated heterocycles. The van der Waals surface area contributed by atoms with Crippen LogP contribution in [0.25, 0.3) is 83.4 Å². The van der Waals surface area contributed by atoms with E-state index >= 15 is 0 Å². The number of rotatable bonds is 4. The van der Waals surface area contributed by atoms with Crippen LogP contribution in [0.2, 0.25) is 0 Å². The fraction of sp³-hybridized carbons (Fsp3) is 0. The summed E-state index contributed by atoms with van der Waals surface area (Å²) in [5.74, 6) is 0.716. The Labute approximate surface area is 247 Å². The molecule has 0 atom stereocenters. The van der Waals surface area contributed by atoms with Gasteiger partial charge in [0.15, 0.2) is 5.82 Å². The van der Waals surface area contributed by atoms with E-state index in [1.807, 2.05) is 18.2 Å². The topological polar surface area (TPSA) is 43.1 Å². The summed E-state index contributed by atoms with van der Waals surface area (Å²) in [7, 11) is 0. The van der Waals surface area contributed by atoms with Gasteiger partial charge in [0.1, 0.15) is 5.65 Å². The van der Waals surface area contributed by atoms with Crippen LogP contribution in [0.15, 0.2) is 146 Å². The fourth-order valence-electron chi connectivity index (χ4n) is 6.37. The van der Waals surface area contributed by atoms with Crippen molar-refractivity contribution in [1.82, 2.24) is 19.4 Å². The molecule has 0 aliphatic heterocycles. The third kappa shape index (κ3) is 3.74. The zero-order valence-corrected chi connectivity index (χ0v) is 23.1. The summed E-state index contributed by atoms with van der Waals surface area (Å²) in [6.45, 7) is 0. The average molecular weight is 549 g/mol. The molecule has 0 spiro atoms. The molecule has 4 heterocycles. The molecule has 0 fully saturated rings. The third-order valence-electron chi connectivity index (χ3n) is 8.34. The second kappa shape index (κ2) is 9.33. The smallest absolute Gasteiger partial charge is 0.160 e. The van der Waals surface area contributed by atoms with Crippen LogP contribution >= 0.6 is 0 Å². The van der Waals surface area contributed by atoms with Crippen molar-refractivity contribution in [2.75, 3.05) is 0 Å². The minimum Gasteiger partial charge on any atom is -0.292 e. The molecular weight excluding hydrogens is 524 g/mol. The zero-order chi connectivity index (χ0) is 28.3. The second-order valence-corrected chi connectivity index (χ2v) is 10.9. The van der Waals surface area contributed by atoms with Crippen molar-refractivity contribution in [3.05, 3.63) is 146 Å². The van der Waals surface area contributed by atoms with Crippen LogP contribution in [-0.4, -0.2) is 19.4 Å². The molecule has 0 saturated carbocycles. The molecule has 0 unspecified atom stereocenters. The van der Waals surface area contributed by atoms with Crippen LogP contribution in [0.1, 0.15) is 0 Å².